The quantitative estimate of drug-likeness (QED) is 0.746. The molecule has 0 aromatic heterocycles. The molecule has 2 heterocycles. The van der Waals surface area contributed by atoms with Crippen molar-refractivity contribution in [2.75, 3.05) is 6.54 Å². The number of ether oxygens (including phenoxy) is 2. The van der Waals surface area contributed by atoms with Crippen molar-refractivity contribution in [2.45, 2.75) is 51.6 Å². The Bertz CT molecular complexity index is 265. The maximum atomic E-state index is 11.2. The normalized spacial score (nSPS) is 39.4. The fraction of sp³-hybridized carbons (Fsp3) is 0.909. The zero-order chi connectivity index (χ0) is 11.1. The lowest BCUT2D eigenvalue weighted by Gasteiger charge is -2.20. The molecule has 2 saturated heterocycles. The van der Waals surface area contributed by atoms with Gasteiger partial charge in [0.25, 0.3) is 0 Å². The highest BCUT2D eigenvalue weighted by Crippen LogP contribution is 2.35. The van der Waals surface area contributed by atoms with E-state index in [4.69, 9.17) is 9.47 Å². The second-order valence-electron chi connectivity index (χ2n) is 4.82. The molecule has 4 heteroatoms. The fourth-order valence-electron chi connectivity index (χ4n) is 2.44. The van der Waals surface area contributed by atoms with Crippen LogP contribution in [-0.4, -0.2) is 30.4 Å². The van der Waals surface area contributed by atoms with Gasteiger partial charge in [-0.1, -0.05) is 6.92 Å². The molecule has 0 spiro atoms. The molecule has 0 unspecified atom stereocenters. The number of amides is 1. The summed E-state index contributed by atoms with van der Waals surface area (Å²) in [5, 5.41) is 2.84. The minimum Gasteiger partial charge on any atom is -0.356 e. The summed E-state index contributed by atoms with van der Waals surface area (Å²) in [7, 11) is 0. The van der Waals surface area contributed by atoms with E-state index in [0.29, 0.717) is 6.42 Å². The highest BCUT2D eigenvalue weighted by Gasteiger charge is 2.45. The lowest BCUT2D eigenvalue weighted by atomic mass is 9.96. The second-order valence-corrected chi connectivity index (χ2v) is 4.82. The summed E-state index contributed by atoms with van der Waals surface area (Å²) in [6.07, 6.45) is 1.68. The topological polar surface area (TPSA) is 47.6 Å². The maximum Gasteiger partial charge on any atom is 0.220 e. The maximum absolute atomic E-state index is 11.2. The average molecular weight is 213 g/mol. The van der Waals surface area contributed by atoms with Crippen molar-refractivity contribution >= 4 is 5.91 Å². The van der Waals surface area contributed by atoms with E-state index < -0.39 is 5.79 Å². The minimum atomic E-state index is -0.503. The third-order valence-corrected chi connectivity index (χ3v) is 3.10. The van der Waals surface area contributed by atoms with Crippen LogP contribution < -0.4 is 5.32 Å². The Balaban J connectivity index is 2.04. The van der Waals surface area contributed by atoms with Gasteiger partial charge in [0, 0.05) is 18.9 Å². The summed E-state index contributed by atoms with van der Waals surface area (Å²) >= 11 is 0. The first-order chi connectivity index (χ1) is 7.02. The Kier molecular flexibility index (Phi) is 2.73. The van der Waals surface area contributed by atoms with E-state index in [0.717, 1.165) is 13.0 Å². The van der Waals surface area contributed by atoms with Gasteiger partial charge in [0.05, 0.1) is 12.2 Å². The van der Waals surface area contributed by atoms with Gasteiger partial charge < -0.3 is 14.8 Å². The van der Waals surface area contributed by atoms with Crippen molar-refractivity contribution in [3.63, 3.8) is 0 Å². The first-order valence-electron chi connectivity index (χ1n) is 5.64. The summed E-state index contributed by atoms with van der Waals surface area (Å²) in [5.41, 5.74) is 0. The van der Waals surface area contributed by atoms with Crippen molar-refractivity contribution in [1.82, 2.24) is 5.32 Å². The van der Waals surface area contributed by atoms with E-state index in [-0.39, 0.29) is 24.0 Å². The Morgan fingerprint density at radius 2 is 2.20 bits per heavy atom. The van der Waals surface area contributed by atoms with E-state index in [1.807, 2.05) is 13.8 Å². The van der Waals surface area contributed by atoms with Gasteiger partial charge in [0.15, 0.2) is 5.79 Å². The first-order valence-corrected chi connectivity index (χ1v) is 5.64. The molecule has 0 bridgehead atoms. The summed E-state index contributed by atoms with van der Waals surface area (Å²) in [4.78, 5) is 11.2. The van der Waals surface area contributed by atoms with Gasteiger partial charge in [-0.15, -0.1) is 0 Å². The molecule has 0 radical (unpaired) electrons. The Morgan fingerprint density at radius 1 is 1.47 bits per heavy atom. The number of carbonyl (C=O) groups excluding carboxylic acids is 1. The third-order valence-electron chi connectivity index (χ3n) is 3.10. The van der Waals surface area contributed by atoms with Crippen LogP contribution in [0.5, 0.6) is 0 Å². The summed E-state index contributed by atoms with van der Waals surface area (Å²) in [5.74, 6) is -0.107. The van der Waals surface area contributed by atoms with Gasteiger partial charge in [0.1, 0.15) is 0 Å². The van der Waals surface area contributed by atoms with E-state index in [1.54, 1.807) is 0 Å². The molecule has 1 N–H and O–H groups in total. The van der Waals surface area contributed by atoms with Crippen LogP contribution >= 0.6 is 0 Å². The van der Waals surface area contributed by atoms with Crippen LogP contribution in [0.3, 0.4) is 0 Å². The van der Waals surface area contributed by atoms with Gasteiger partial charge in [-0.25, -0.2) is 0 Å². The zero-order valence-corrected chi connectivity index (χ0v) is 9.58. The lowest BCUT2D eigenvalue weighted by Crippen LogP contribution is -2.32. The molecule has 0 aromatic carbocycles. The molecular weight excluding hydrogens is 194 g/mol. The van der Waals surface area contributed by atoms with E-state index in [9.17, 15) is 4.79 Å². The van der Waals surface area contributed by atoms with Crippen LogP contribution in [0.2, 0.25) is 0 Å². The van der Waals surface area contributed by atoms with E-state index >= 15 is 0 Å². The minimum absolute atomic E-state index is 0.0592. The molecule has 2 aliphatic rings. The number of rotatable bonds is 2. The van der Waals surface area contributed by atoms with Crippen molar-refractivity contribution < 1.29 is 14.3 Å². The van der Waals surface area contributed by atoms with Gasteiger partial charge in [-0.3, -0.25) is 4.79 Å². The molecule has 2 fully saturated rings. The van der Waals surface area contributed by atoms with Gasteiger partial charge in [-0.2, -0.15) is 0 Å². The molecular formula is C11H19NO3. The molecule has 0 aromatic rings. The predicted molar refractivity (Wildman–Crippen MR) is 55.2 cm³/mol. The fourth-order valence-corrected chi connectivity index (χ4v) is 2.44. The number of hydrogen-bond acceptors (Lipinski definition) is 3. The van der Waals surface area contributed by atoms with Gasteiger partial charge in [-0.05, 0) is 20.3 Å². The van der Waals surface area contributed by atoms with Crippen LogP contribution in [0.15, 0.2) is 0 Å². The first kappa shape index (κ1) is 10.9. The largest absolute Gasteiger partial charge is 0.356 e. The monoisotopic (exact) mass is 213 g/mol. The third kappa shape index (κ3) is 2.16. The summed E-state index contributed by atoms with van der Waals surface area (Å²) in [6, 6.07) is 0. The Morgan fingerprint density at radius 3 is 2.73 bits per heavy atom. The SMILES string of the molecule is CC[C@H]1OC(C)(C)O[C@@H]1[C@H]1CNC(=O)C1. The van der Waals surface area contributed by atoms with Gasteiger partial charge in [0.2, 0.25) is 5.91 Å². The van der Waals surface area contributed by atoms with Crippen LogP contribution in [0.1, 0.15) is 33.6 Å². The lowest BCUT2D eigenvalue weighted by molar-refractivity contribution is -0.150. The molecule has 2 aliphatic heterocycles. The van der Waals surface area contributed by atoms with Crippen LogP contribution in [0.4, 0.5) is 0 Å². The average Bonchev–Trinajstić information content (AvgIpc) is 2.69. The second kappa shape index (κ2) is 3.76. The highest BCUT2D eigenvalue weighted by molar-refractivity contribution is 5.78. The molecule has 4 nitrogen and oxygen atoms in total. The Labute approximate surface area is 90.3 Å². The molecule has 86 valence electrons. The van der Waals surface area contributed by atoms with Crippen molar-refractivity contribution in [2.24, 2.45) is 5.92 Å². The summed E-state index contributed by atoms with van der Waals surface area (Å²) < 4.78 is 11.7. The smallest absolute Gasteiger partial charge is 0.220 e. The van der Waals surface area contributed by atoms with E-state index in [1.165, 1.54) is 0 Å². The molecule has 2 rings (SSSR count). The van der Waals surface area contributed by atoms with Crippen molar-refractivity contribution in [3.05, 3.63) is 0 Å². The molecule has 3 atom stereocenters. The molecule has 0 aliphatic carbocycles. The van der Waals surface area contributed by atoms with Crippen molar-refractivity contribution in [1.29, 1.82) is 0 Å². The predicted octanol–water partition coefficient (Wildman–Crippen LogP) is 1.05. The van der Waals surface area contributed by atoms with Crippen molar-refractivity contribution in [3.8, 4) is 0 Å². The number of carbonyl (C=O) groups is 1. The van der Waals surface area contributed by atoms with Crippen LogP contribution in [0, 0.1) is 5.92 Å². The van der Waals surface area contributed by atoms with Gasteiger partial charge >= 0.3 is 0 Å². The molecule has 1 amide bonds. The van der Waals surface area contributed by atoms with Crippen LogP contribution in [0.25, 0.3) is 0 Å². The molecule has 0 saturated carbocycles. The standard InChI is InChI=1S/C11H19NO3/c1-4-8-10(15-11(2,3)14-8)7-5-9(13)12-6-7/h7-8,10H,4-6H2,1-3H3,(H,12,13)/t7-,8-,10-/m1/s1. The number of nitrogens with one attached hydrogen (secondary N) is 1. The number of hydrogen-bond donors (Lipinski definition) is 1. The van der Waals surface area contributed by atoms with Crippen LogP contribution in [-0.2, 0) is 14.3 Å². The summed E-state index contributed by atoms with van der Waals surface area (Å²) in [6.45, 7) is 6.67. The zero-order valence-electron chi connectivity index (χ0n) is 9.58. The highest BCUT2D eigenvalue weighted by atomic mass is 16.8. The van der Waals surface area contributed by atoms with E-state index in [2.05, 4.69) is 12.2 Å². The molecule has 15 heavy (non-hydrogen) atoms. The Hall–Kier alpha value is -0.610.